The highest BCUT2D eigenvalue weighted by Crippen LogP contribution is 2.21. The van der Waals surface area contributed by atoms with Gasteiger partial charge in [-0.25, -0.2) is 0 Å². The summed E-state index contributed by atoms with van der Waals surface area (Å²) >= 11 is 5.45. The van der Waals surface area contributed by atoms with Gasteiger partial charge in [0.1, 0.15) is 5.88 Å². The van der Waals surface area contributed by atoms with Crippen molar-refractivity contribution in [3.63, 3.8) is 0 Å². The van der Waals surface area contributed by atoms with Crippen molar-refractivity contribution in [1.29, 1.82) is 0 Å². The van der Waals surface area contributed by atoms with Crippen molar-refractivity contribution in [2.24, 2.45) is 10.2 Å². The van der Waals surface area contributed by atoms with Crippen molar-refractivity contribution in [3.8, 4) is 0 Å². The normalized spacial score (nSPS) is 11.0. The summed E-state index contributed by atoms with van der Waals surface area (Å²) < 4.78 is 0. The maximum absolute atomic E-state index is 12.0. The minimum atomic E-state index is -0.264. The van der Waals surface area contributed by atoms with Gasteiger partial charge in [0.2, 0.25) is 11.8 Å². The summed E-state index contributed by atoms with van der Waals surface area (Å²) in [5, 5.41) is 13.9. The minimum absolute atomic E-state index is 0.0422. The molecule has 0 radical (unpaired) electrons. The Morgan fingerprint density at radius 1 is 0.821 bits per heavy atom. The molecule has 8 heteroatoms. The molecule has 0 fully saturated rings. The van der Waals surface area contributed by atoms with Crippen LogP contribution in [0.2, 0.25) is 0 Å². The number of likely N-dealkylation sites (N-methyl/N-ethyl adjacent to an activating group) is 1. The number of azo groups is 1. The van der Waals surface area contributed by atoms with E-state index >= 15 is 0 Å². The minimum Gasteiger partial charge on any atom is -0.325 e. The monoisotopic (exact) mass is 401 g/mol. The van der Waals surface area contributed by atoms with Crippen LogP contribution in [-0.2, 0) is 9.59 Å². The van der Waals surface area contributed by atoms with Crippen molar-refractivity contribution in [2.75, 3.05) is 36.1 Å². The molecule has 0 aliphatic heterocycles. The molecule has 2 aromatic rings. The van der Waals surface area contributed by atoms with Gasteiger partial charge in [0, 0.05) is 11.4 Å². The molecule has 0 heterocycles. The van der Waals surface area contributed by atoms with Gasteiger partial charge >= 0.3 is 0 Å². The molecule has 0 atom stereocenters. The first kappa shape index (κ1) is 21.5. The molecule has 2 rings (SSSR count). The summed E-state index contributed by atoms with van der Waals surface area (Å²) in [7, 11) is 0. The zero-order valence-corrected chi connectivity index (χ0v) is 16.7. The van der Waals surface area contributed by atoms with Gasteiger partial charge in [-0.15, -0.1) is 11.6 Å². The Balaban J connectivity index is 1.91. The highest BCUT2D eigenvalue weighted by Gasteiger charge is 2.07. The van der Waals surface area contributed by atoms with Gasteiger partial charge in [-0.1, -0.05) is 13.8 Å². The Bertz CT molecular complexity index is 802. The predicted molar refractivity (Wildman–Crippen MR) is 113 cm³/mol. The second-order valence-electron chi connectivity index (χ2n) is 5.99. The Morgan fingerprint density at radius 2 is 1.25 bits per heavy atom. The number of anilines is 2. The standard InChI is InChI=1S/C20H24ClN5O2/c1-3-26(4-2)14-20(28)23-16-7-11-18(12-8-16)25-24-17-9-5-15(6-10-17)22-19(27)13-21/h5-12H,3-4,13-14H2,1-2H3,(H,22,27)(H,23,28)/b25-24+. The SMILES string of the molecule is CCN(CC)CC(=O)Nc1ccc(/N=N/c2ccc(NC(=O)CCl)cc2)cc1. The number of rotatable bonds is 9. The number of carbonyl (C=O) groups excluding carboxylic acids is 2. The van der Waals surface area contributed by atoms with Gasteiger partial charge in [0.15, 0.2) is 0 Å². The summed E-state index contributed by atoms with van der Waals surface area (Å²) in [6.45, 7) is 6.10. The molecule has 28 heavy (non-hydrogen) atoms. The topological polar surface area (TPSA) is 86.2 Å². The Morgan fingerprint density at radius 3 is 1.64 bits per heavy atom. The van der Waals surface area contributed by atoms with Crippen LogP contribution in [0.3, 0.4) is 0 Å². The third kappa shape index (κ3) is 7.09. The van der Waals surface area contributed by atoms with Crippen molar-refractivity contribution >= 4 is 46.2 Å². The van der Waals surface area contributed by atoms with E-state index in [4.69, 9.17) is 11.6 Å². The highest BCUT2D eigenvalue weighted by molar-refractivity contribution is 6.29. The summed E-state index contributed by atoms with van der Waals surface area (Å²) in [4.78, 5) is 25.3. The van der Waals surface area contributed by atoms with E-state index in [2.05, 4.69) is 20.9 Å². The maximum atomic E-state index is 12.0. The fourth-order valence-electron chi connectivity index (χ4n) is 2.38. The summed E-state index contributed by atoms with van der Waals surface area (Å²) in [6, 6.07) is 14.1. The molecule has 0 spiro atoms. The largest absolute Gasteiger partial charge is 0.325 e. The lowest BCUT2D eigenvalue weighted by Gasteiger charge is -2.17. The zero-order valence-electron chi connectivity index (χ0n) is 16.0. The molecule has 2 aromatic carbocycles. The molecule has 0 aromatic heterocycles. The number of amides is 2. The van der Waals surface area contributed by atoms with Crippen molar-refractivity contribution in [1.82, 2.24) is 4.90 Å². The van der Waals surface area contributed by atoms with Gasteiger partial charge in [-0.05, 0) is 61.6 Å². The molecular formula is C20H24ClN5O2. The summed E-state index contributed by atoms with van der Waals surface area (Å²) in [6.07, 6.45) is 0. The van der Waals surface area contributed by atoms with E-state index in [-0.39, 0.29) is 17.7 Å². The van der Waals surface area contributed by atoms with Crippen LogP contribution in [0.5, 0.6) is 0 Å². The molecule has 0 saturated carbocycles. The van der Waals surface area contributed by atoms with E-state index in [1.54, 1.807) is 48.5 Å². The Kier molecular flexibility index (Phi) is 8.58. The third-order valence-corrected chi connectivity index (χ3v) is 4.21. The number of benzene rings is 2. The molecule has 2 N–H and O–H groups in total. The van der Waals surface area contributed by atoms with E-state index in [0.717, 1.165) is 18.8 Å². The first-order chi connectivity index (χ1) is 13.5. The molecule has 0 saturated heterocycles. The Labute approximate surface area is 169 Å². The first-order valence-electron chi connectivity index (χ1n) is 9.04. The fraction of sp³-hybridized carbons (Fsp3) is 0.300. The number of alkyl halides is 1. The van der Waals surface area contributed by atoms with Crippen LogP contribution in [0, 0.1) is 0 Å². The van der Waals surface area contributed by atoms with E-state index in [0.29, 0.717) is 23.6 Å². The van der Waals surface area contributed by atoms with Gasteiger partial charge in [-0.3, -0.25) is 14.5 Å². The van der Waals surface area contributed by atoms with Crippen LogP contribution in [-0.4, -0.2) is 42.2 Å². The van der Waals surface area contributed by atoms with Crippen LogP contribution in [0.4, 0.5) is 22.7 Å². The predicted octanol–water partition coefficient (Wildman–Crippen LogP) is 4.56. The lowest BCUT2D eigenvalue weighted by atomic mass is 10.3. The number of nitrogens with one attached hydrogen (secondary N) is 2. The number of carbonyl (C=O) groups is 2. The molecule has 0 bridgehead atoms. The highest BCUT2D eigenvalue weighted by atomic mass is 35.5. The summed E-state index contributed by atoms with van der Waals surface area (Å²) in [5.74, 6) is -0.396. The molecule has 0 unspecified atom stereocenters. The number of halogens is 1. The second kappa shape index (κ2) is 11.2. The average Bonchev–Trinajstić information content (AvgIpc) is 2.72. The van der Waals surface area contributed by atoms with Gasteiger partial charge < -0.3 is 10.6 Å². The molecule has 0 aliphatic carbocycles. The van der Waals surface area contributed by atoms with Crippen molar-refractivity contribution < 1.29 is 9.59 Å². The Hall–Kier alpha value is -2.77. The number of hydrogen-bond donors (Lipinski definition) is 2. The van der Waals surface area contributed by atoms with Gasteiger partial charge in [-0.2, -0.15) is 10.2 Å². The molecule has 2 amide bonds. The number of nitrogens with zero attached hydrogens (tertiary/aromatic N) is 3. The lowest BCUT2D eigenvalue weighted by Crippen LogP contribution is -2.32. The third-order valence-electron chi connectivity index (χ3n) is 3.97. The van der Waals surface area contributed by atoms with E-state index in [1.165, 1.54) is 0 Å². The summed E-state index contributed by atoms with van der Waals surface area (Å²) in [5.41, 5.74) is 2.69. The van der Waals surface area contributed by atoms with Crippen LogP contribution in [0.25, 0.3) is 0 Å². The zero-order chi connectivity index (χ0) is 20.4. The van der Waals surface area contributed by atoms with Crippen molar-refractivity contribution in [2.45, 2.75) is 13.8 Å². The van der Waals surface area contributed by atoms with E-state index in [9.17, 15) is 9.59 Å². The maximum Gasteiger partial charge on any atom is 0.239 e. The first-order valence-corrected chi connectivity index (χ1v) is 9.57. The average molecular weight is 402 g/mol. The molecule has 148 valence electrons. The van der Waals surface area contributed by atoms with Crippen LogP contribution < -0.4 is 10.6 Å². The molecular weight excluding hydrogens is 378 g/mol. The molecule has 7 nitrogen and oxygen atoms in total. The van der Waals surface area contributed by atoms with Crippen LogP contribution >= 0.6 is 11.6 Å². The quantitative estimate of drug-likeness (QED) is 0.477. The van der Waals surface area contributed by atoms with Crippen LogP contribution in [0.1, 0.15) is 13.8 Å². The number of hydrogen-bond acceptors (Lipinski definition) is 5. The van der Waals surface area contributed by atoms with Crippen molar-refractivity contribution in [3.05, 3.63) is 48.5 Å². The van der Waals surface area contributed by atoms with E-state index in [1.807, 2.05) is 18.7 Å². The smallest absolute Gasteiger partial charge is 0.239 e. The lowest BCUT2D eigenvalue weighted by molar-refractivity contribution is -0.117. The molecule has 0 aliphatic rings. The van der Waals surface area contributed by atoms with E-state index < -0.39 is 0 Å². The van der Waals surface area contributed by atoms with Crippen LogP contribution in [0.15, 0.2) is 58.8 Å². The van der Waals surface area contributed by atoms with Gasteiger partial charge in [0.25, 0.3) is 0 Å². The van der Waals surface area contributed by atoms with Gasteiger partial charge in [0.05, 0.1) is 17.9 Å². The fourth-order valence-corrected chi connectivity index (χ4v) is 2.45. The second-order valence-corrected chi connectivity index (χ2v) is 6.25.